The number of likely N-dealkylation sites (N-methyl/N-ethyl adjacent to an activating group) is 1. The minimum Gasteiger partial charge on any atom is -0.481 e. The molecule has 0 aromatic rings. The lowest BCUT2D eigenvalue weighted by Gasteiger charge is -2.39. The average molecular weight is 425 g/mol. The van der Waals surface area contributed by atoms with Crippen LogP contribution < -0.4 is 5.73 Å². The van der Waals surface area contributed by atoms with Crippen molar-refractivity contribution >= 4 is 18.0 Å². The second kappa shape index (κ2) is 10.3. The second-order valence-electron chi connectivity index (χ2n) is 8.72. The summed E-state index contributed by atoms with van der Waals surface area (Å²) in [5.74, 6) is 0.00549. The van der Waals surface area contributed by atoms with Gasteiger partial charge in [-0.2, -0.15) is 0 Å². The number of nitrogens with zero attached hydrogens (tertiary/aromatic N) is 4. The first-order valence-electron chi connectivity index (χ1n) is 11.1. The highest BCUT2D eigenvalue weighted by Crippen LogP contribution is 2.29. The Balaban J connectivity index is 1.46. The first kappa shape index (κ1) is 22.6. The SMILES string of the molecule is CN1C(=O)OC(N2CCN(CCCC(=O)O)CC2)C1CCC1CCN(C(=N)N)CC1. The van der Waals surface area contributed by atoms with Crippen LogP contribution in [-0.4, -0.2) is 108 Å². The number of nitrogens with two attached hydrogens (primary N) is 1. The summed E-state index contributed by atoms with van der Waals surface area (Å²) in [6.45, 7) is 5.86. The third-order valence-corrected chi connectivity index (χ3v) is 6.79. The Bertz CT molecular complexity index is 616. The monoisotopic (exact) mass is 424 g/mol. The Kier molecular flexibility index (Phi) is 7.76. The molecule has 2 unspecified atom stereocenters. The van der Waals surface area contributed by atoms with Crippen LogP contribution in [0, 0.1) is 11.3 Å². The number of carboxylic acids is 1. The van der Waals surface area contributed by atoms with Crippen molar-refractivity contribution in [1.29, 1.82) is 5.41 Å². The van der Waals surface area contributed by atoms with E-state index in [0.29, 0.717) is 12.3 Å². The molecule has 1 amide bonds. The standard InChI is InChI=1S/C20H36N6O4/c1-23-16(5-4-15-6-9-26(10-7-15)19(21)22)18(30-20(23)29)25-13-11-24(12-14-25)8-2-3-17(27)28/h15-16,18H,2-14H2,1H3,(H3,21,22)(H,27,28). The van der Waals surface area contributed by atoms with Gasteiger partial charge in [0, 0.05) is 52.7 Å². The maximum absolute atomic E-state index is 12.2. The summed E-state index contributed by atoms with van der Waals surface area (Å²) in [5, 5.41) is 16.4. The number of ether oxygens (including phenoxy) is 1. The van der Waals surface area contributed by atoms with Crippen LogP contribution in [0.15, 0.2) is 0 Å². The van der Waals surface area contributed by atoms with E-state index in [1.807, 2.05) is 11.9 Å². The number of hydrogen-bond donors (Lipinski definition) is 3. The molecule has 4 N–H and O–H groups in total. The number of piperidine rings is 1. The van der Waals surface area contributed by atoms with Gasteiger partial charge in [-0.25, -0.2) is 4.79 Å². The normalized spacial score (nSPS) is 26.8. The largest absolute Gasteiger partial charge is 0.481 e. The Morgan fingerprint density at radius 3 is 2.43 bits per heavy atom. The molecule has 10 heteroatoms. The topological polar surface area (TPSA) is 126 Å². The first-order chi connectivity index (χ1) is 14.3. The highest BCUT2D eigenvalue weighted by molar-refractivity contribution is 5.74. The number of cyclic esters (lactones) is 1. The van der Waals surface area contributed by atoms with Crippen LogP contribution >= 0.6 is 0 Å². The molecule has 0 saturated carbocycles. The van der Waals surface area contributed by atoms with Crippen LogP contribution in [0.5, 0.6) is 0 Å². The number of hydrogen-bond acceptors (Lipinski definition) is 6. The van der Waals surface area contributed by atoms with Gasteiger partial charge >= 0.3 is 12.1 Å². The molecule has 30 heavy (non-hydrogen) atoms. The molecule has 3 fully saturated rings. The average Bonchev–Trinajstić information content (AvgIpc) is 3.01. The van der Waals surface area contributed by atoms with E-state index in [2.05, 4.69) is 9.80 Å². The van der Waals surface area contributed by atoms with Crippen molar-refractivity contribution in [2.24, 2.45) is 11.7 Å². The summed E-state index contributed by atoms with van der Waals surface area (Å²) >= 11 is 0. The zero-order valence-electron chi connectivity index (χ0n) is 18.0. The van der Waals surface area contributed by atoms with Crippen molar-refractivity contribution in [3.63, 3.8) is 0 Å². The first-order valence-corrected chi connectivity index (χ1v) is 11.1. The molecule has 0 radical (unpaired) electrons. The number of piperazine rings is 1. The van der Waals surface area contributed by atoms with Gasteiger partial charge < -0.3 is 30.3 Å². The molecule has 3 rings (SSSR count). The van der Waals surface area contributed by atoms with Crippen molar-refractivity contribution in [1.82, 2.24) is 19.6 Å². The van der Waals surface area contributed by atoms with Crippen LogP contribution in [0.2, 0.25) is 0 Å². The van der Waals surface area contributed by atoms with Gasteiger partial charge in [0.25, 0.3) is 0 Å². The maximum atomic E-state index is 12.2. The lowest BCUT2D eigenvalue weighted by molar-refractivity contribution is -0.137. The molecule has 0 aliphatic carbocycles. The number of carbonyl (C=O) groups excluding carboxylic acids is 1. The Labute approximate surface area is 178 Å². The van der Waals surface area contributed by atoms with Crippen LogP contribution in [0.4, 0.5) is 4.79 Å². The quantitative estimate of drug-likeness (QED) is 0.383. The van der Waals surface area contributed by atoms with Crippen LogP contribution in [0.25, 0.3) is 0 Å². The molecule has 0 bridgehead atoms. The van der Waals surface area contributed by atoms with Crippen molar-refractivity contribution < 1.29 is 19.4 Å². The number of rotatable bonds is 8. The predicted molar refractivity (Wildman–Crippen MR) is 112 cm³/mol. The zero-order valence-corrected chi connectivity index (χ0v) is 18.0. The number of amides is 1. The summed E-state index contributed by atoms with van der Waals surface area (Å²) in [4.78, 5) is 31.1. The molecule has 10 nitrogen and oxygen atoms in total. The van der Waals surface area contributed by atoms with Crippen molar-refractivity contribution in [2.75, 3.05) is 52.9 Å². The summed E-state index contributed by atoms with van der Waals surface area (Å²) in [6.07, 6.45) is 4.44. The van der Waals surface area contributed by atoms with E-state index >= 15 is 0 Å². The van der Waals surface area contributed by atoms with E-state index in [9.17, 15) is 9.59 Å². The third kappa shape index (κ3) is 5.75. The predicted octanol–water partition coefficient (Wildman–Crippen LogP) is 0.631. The van der Waals surface area contributed by atoms with Crippen LogP contribution in [0.1, 0.15) is 38.5 Å². The van der Waals surface area contributed by atoms with Gasteiger partial charge in [0.1, 0.15) is 0 Å². The van der Waals surface area contributed by atoms with Gasteiger partial charge in [0.05, 0.1) is 6.04 Å². The van der Waals surface area contributed by atoms with Gasteiger partial charge in [0.15, 0.2) is 12.2 Å². The molecule has 170 valence electrons. The van der Waals surface area contributed by atoms with E-state index in [1.54, 1.807) is 4.90 Å². The number of carbonyl (C=O) groups is 2. The number of aliphatic carboxylic acids is 1. The highest BCUT2D eigenvalue weighted by Gasteiger charge is 2.43. The maximum Gasteiger partial charge on any atom is 0.411 e. The Morgan fingerprint density at radius 2 is 1.83 bits per heavy atom. The van der Waals surface area contributed by atoms with Crippen LogP contribution in [-0.2, 0) is 9.53 Å². The summed E-state index contributed by atoms with van der Waals surface area (Å²) < 4.78 is 5.73. The van der Waals surface area contributed by atoms with E-state index in [1.165, 1.54) is 0 Å². The fourth-order valence-corrected chi connectivity index (χ4v) is 4.81. The lowest BCUT2D eigenvalue weighted by Crippen LogP contribution is -2.54. The second-order valence-corrected chi connectivity index (χ2v) is 8.72. The molecule has 0 aromatic carbocycles. The molecule has 3 aliphatic rings. The van der Waals surface area contributed by atoms with Gasteiger partial charge in [0.2, 0.25) is 0 Å². The third-order valence-electron chi connectivity index (χ3n) is 6.79. The molecule has 3 aliphatic heterocycles. The van der Waals surface area contributed by atoms with Gasteiger partial charge in [-0.15, -0.1) is 0 Å². The van der Waals surface area contributed by atoms with Gasteiger partial charge in [-0.3, -0.25) is 15.1 Å². The minimum atomic E-state index is -0.746. The van der Waals surface area contributed by atoms with E-state index < -0.39 is 5.97 Å². The molecule has 3 heterocycles. The molecule has 0 spiro atoms. The zero-order chi connectivity index (χ0) is 21.7. The molecule has 2 atom stereocenters. The molecular weight excluding hydrogens is 388 g/mol. The molecule has 3 saturated heterocycles. The smallest absolute Gasteiger partial charge is 0.411 e. The van der Waals surface area contributed by atoms with Gasteiger partial charge in [-0.1, -0.05) is 0 Å². The highest BCUT2D eigenvalue weighted by atomic mass is 16.6. The molecule has 0 aromatic heterocycles. The molecular formula is C20H36N6O4. The van der Waals surface area contributed by atoms with E-state index in [4.69, 9.17) is 21.0 Å². The fourth-order valence-electron chi connectivity index (χ4n) is 4.81. The summed E-state index contributed by atoms with van der Waals surface area (Å²) in [5.41, 5.74) is 5.58. The number of likely N-dealkylation sites (tertiary alicyclic amines) is 1. The van der Waals surface area contributed by atoms with Crippen LogP contribution in [0.3, 0.4) is 0 Å². The number of carboxylic acid groups (broad SMARTS) is 1. The number of nitrogens with one attached hydrogen (secondary N) is 1. The van der Waals surface area contributed by atoms with Crippen molar-refractivity contribution in [2.45, 2.75) is 50.8 Å². The van der Waals surface area contributed by atoms with Gasteiger partial charge in [-0.05, 0) is 44.6 Å². The summed E-state index contributed by atoms with van der Waals surface area (Å²) in [6, 6.07) is 0.0573. The Hall–Kier alpha value is -2.07. The van der Waals surface area contributed by atoms with E-state index in [-0.39, 0.29) is 30.7 Å². The summed E-state index contributed by atoms with van der Waals surface area (Å²) in [7, 11) is 1.83. The number of guanidine groups is 1. The Morgan fingerprint density at radius 1 is 1.17 bits per heavy atom. The minimum absolute atomic E-state index is 0.0573. The lowest BCUT2D eigenvalue weighted by atomic mass is 9.90. The van der Waals surface area contributed by atoms with E-state index in [0.717, 1.165) is 71.5 Å². The van der Waals surface area contributed by atoms with Crippen molar-refractivity contribution in [3.05, 3.63) is 0 Å². The fraction of sp³-hybridized carbons (Fsp3) is 0.850. The van der Waals surface area contributed by atoms with Crippen molar-refractivity contribution in [3.8, 4) is 0 Å².